The van der Waals surface area contributed by atoms with Gasteiger partial charge in [0, 0.05) is 24.8 Å². The van der Waals surface area contributed by atoms with Crippen molar-refractivity contribution >= 4 is 5.65 Å². The van der Waals surface area contributed by atoms with Crippen LogP contribution in [0.2, 0.25) is 0 Å². The van der Waals surface area contributed by atoms with E-state index in [2.05, 4.69) is 36.1 Å². The summed E-state index contributed by atoms with van der Waals surface area (Å²) in [5.41, 5.74) is 1.46. The van der Waals surface area contributed by atoms with Gasteiger partial charge in [0.15, 0.2) is 0 Å². The molecular weight excluding hydrogens is 264 g/mol. The first-order valence-corrected chi connectivity index (χ1v) is 7.46. The predicted molar refractivity (Wildman–Crippen MR) is 85.6 cm³/mol. The Hall–Kier alpha value is -1.72. The topological polar surface area (TPSA) is 49.6 Å². The fraction of sp³-hybridized carbons (Fsp3) is 0.500. The van der Waals surface area contributed by atoms with E-state index in [-0.39, 0.29) is 5.56 Å². The molecule has 2 rings (SSSR count). The van der Waals surface area contributed by atoms with Crippen LogP contribution in [-0.4, -0.2) is 40.5 Å². The van der Waals surface area contributed by atoms with Crippen molar-refractivity contribution in [2.75, 3.05) is 20.1 Å². The normalized spacial score (nSPS) is 11.7. The van der Waals surface area contributed by atoms with Crippen LogP contribution in [-0.2, 0) is 6.54 Å². The van der Waals surface area contributed by atoms with Gasteiger partial charge in [0.1, 0.15) is 5.65 Å². The molecule has 1 N–H and O–H groups in total. The van der Waals surface area contributed by atoms with E-state index in [1.165, 1.54) is 0 Å². The van der Waals surface area contributed by atoms with Gasteiger partial charge in [-0.05, 0) is 52.5 Å². The first kappa shape index (κ1) is 15.7. The minimum absolute atomic E-state index is 0.0306. The van der Waals surface area contributed by atoms with Gasteiger partial charge in [-0.15, -0.1) is 0 Å². The fourth-order valence-electron chi connectivity index (χ4n) is 2.12. The highest BCUT2D eigenvalue weighted by Crippen LogP contribution is 1.99. The first-order chi connectivity index (χ1) is 10.1. The zero-order valence-electron chi connectivity index (χ0n) is 13.0. The molecule has 0 aliphatic carbocycles. The van der Waals surface area contributed by atoms with Crippen LogP contribution in [0.15, 0.2) is 35.3 Å². The summed E-state index contributed by atoms with van der Waals surface area (Å²) in [5, 5.41) is 3.35. The Morgan fingerprint density at radius 3 is 2.95 bits per heavy atom. The molecule has 0 unspecified atom stereocenters. The second-order valence-electron chi connectivity index (χ2n) is 5.62. The standard InChI is InChI=1S/C16H24N4O/c1-13(2)19(3)9-6-8-17-12-14-11-16(21)20-10-5-4-7-15(20)18-14/h4-5,7,10-11,13,17H,6,8-9,12H2,1-3H3. The van der Waals surface area contributed by atoms with E-state index in [1.54, 1.807) is 16.7 Å². The second kappa shape index (κ2) is 7.33. The third-order valence-electron chi connectivity index (χ3n) is 3.68. The van der Waals surface area contributed by atoms with E-state index >= 15 is 0 Å². The molecule has 5 nitrogen and oxygen atoms in total. The summed E-state index contributed by atoms with van der Waals surface area (Å²) in [5.74, 6) is 0. The van der Waals surface area contributed by atoms with Crippen LogP contribution < -0.4 is 10.9 Å². The van der Waals surface area contributed by atoms with E-state index in [0.29, 0.717) is 18.2 Å². The first-order valence-electron chi connectivity index (χ1n) is 7.46. The lowest BCUT2D eigenvalue weighted by atomic mass is 10.3. The molecular formula is C16H24N4O. The maximum absolute atomic E-state index is 11.9. The lowest BCUT2D eigenvalue weighted by Gasteiger charge is -2.20. The minimum Gasteiger partial charge on any atom is -0.311 e. The second-order valence-corrected chi connectivity index (χ2v) is 5.62. The van der Waals surface area contributed by atoms with Gasteiger partial charge in [-0.3, -0.25) is 9.20 Å². The monoisotopic (exact) mass is 288 g/mol. The maximum Gasteiger partial charge on any atom is 0.258 e. The average molecular weight is 288 g/mol. The quantitative estimate of drug-likeness (QED) is 0.785. The summed E-state index contributed by atoms with van der Waals surface area (Å²) in [7, 11) is 2.14. The molecule has 0 aromatic carbocycles. The largest absolute Gasteiger partial charge is 0.311 e. The van der Waals surface area contributed by atoms with Crippen LogP contribution in [0.3, 0.4) is 0 Å². The van der Waals surface area contributed by atoms with Gasteiger partial charge in [0.05, 0.1) is 5.69 Å². The fourth-order valence-corrected chi connectivity index (χ4v) is 2.12. The van der Waals surface area contributed by atoms with E-state index < -0.39 is 0 Å². The third kappa shape index (κ3) is 4.37. The Balaban J connectivity index is 1.85. The molecule has 0 bridgehead atoms. The van der Waals surface area contributed by atoms with Gasteiger partial charge >= 0.3 is 0 Å². The molecule has 2 aromatic heterocycles. The smallest absolute Gasteiger partial charge is 0.258 e. The number of rotatable bonds is 7. The van der Waals surface area contributed by atoms with Gasteiger partial charge in [0.2, 0.25) is 0 Å². The number of nitrogens with one attached hydrogen (secondary N) is 1. The van der Waals surface area contributed by atoms with Crippen molar-refractivity contribution in [1.29, 1.82) is 0 Å². The van der Waals surface area contributed by atoms with Crippen LogP contribution in [0, 0.1) is 0 Å². The van der Waals surface area contributed by atoms with Crippen molar-refractivity contribution < 1.29 is 0 Å². The van der Waals surface area contributed by atoms with E-state index in [1.807, 2.05) is 18.2 Å². The molecule has 0 fully saturated rings. The summed E-state index contributed by atoms with van der Waals surface area (Å²) >= 11 is 0. The highest BCUT2D eigenvalue weighted by Gasteiger charge is 2.03. The lowest BCUT2D eigenvalue weighted by molar-refractivity contribution is 0.269. The summed E-state index contributed by atoms with van der Waals surface area (Å²) < 4.78 is 1.56. The number of pyridine rings is 1. The van der Waals surface area contributed by atoms with Gasteiger partial charge < -0.3 is 10.2 Å². The van der Waals surface area contributed by atoms with Gasteiger partial charge in [-0.1, -0.05) is 6.07 Å². The molecule has 0 aliphatic rings. The number of aromatic nitrogens is 2. The minimum atomic E-state index is -0.0306. The Bertz CT molecular complexity index is 635. The summed E-state index contributed by atoms with van der Waals surface area (Å²) in [6, 6.07) is 7.75. The van der Waals surface area contributed by atoms with Crippen LogP contribution >= 0.6 is 0 Å². The van der Waals surface area contributed by atoms with Crippen molar-refractivity contribution in [2.24, 2.45) is 0 Å². The van der Waals surface area contributed by atoms with Crippen molar-refractivity contribution in [3.63, 3.8) is 0 Å². The maximum atomic E-state index is 11.9. The molecule has 0 aliphatic heterocycles. The summed E-state index contributed by atoms with van der Waals surface area (Å²) in [6.07, 6.45) is 2.82. The highest BCUT2D eigenvalue weighted by molar-refractivity contribution is 5.37. The Labute approximate surface area is 125 Å². The number of hydrogen-bond acceptors (Lipinski definition) is 4. The molecule has 114 valence electrons. The molecule has 0 amide bonds. The molecule has 0 spiro atoms. The predicted octanol–water partition coefficient (Wildman–Crippen LogP) is 1.51. The van der Waals surface area contributed by atoms with Crippen molar-refractivity contribution in [1.82, 2.24) is 19.6 Å². The van der Waals surface area contributed by atoms with Crippen molar-refractivity contribution in [3.8, 4) is 0 Å². The molecule has 0 saturated carbocycles. The summed E-state index contributed by atoms with van der Waals surface area (Å²) in [6.45, 7) is 7.01. The van der Waals surface area contributed by atoms with E-state index in [4.69, 9.17) is 0 Å². The van der Waals surface area contributed by atoms with Crippen LogP contribution in [0.1, 0.15) is 26.0 Å². The van der Waals surface area contributed by atoms with Crippen LogP contribution in [0.25, 0.3) is 5.65 Å². The van der Waals surface area contributed by atoms with E-state index in [9.17, 15) is 4.79 Å². The molecule has 5 heteroatoms. The Morgan fingerprint density at radius 2 is 2.19 bits per heavy atom. The van der Waals surface area contributed by atoms with E-state index in [0.717, 1.165) is 25.2 Å². The van der Waals surface area contributed by atoms with Crippen molar-refractivity contribution in [2.45, 2.75) is 32.9 Å². The van der Waals surface area contributed by atoms with Crippen LogP contribution in [0.4, 0.5) is 0 Å². The highest BCUT2D eigenvalue weighted by atomic mass is 16.1. The van der Waals surface area contributed by atoms with Gasteiger partial charge in [-0.25, -0.2) is 4.98 Å². The number of nitrogens with zero attached hydrogens (tertiary/aromatic N) is 3. The van der Waals surface area contributed by atoms with Crippen molar-refractivity contribution in [3.05, 3.63) is 46.5 Å². The number of fused-ring (bicyclic) bond motifs is 1. The average Bonchev–Trinajstić information content (AvgIpc) is 2.46. The molecule has 0 saturated heterocycles. The molecule has 2 heterocycles. The summed E-state index contributed by atoms with van der Waals surface area (Å²) in [4.78, 5) is 18.8. The molecule has 0 radical (unpaired) electrons. The van der Waals surface area contributed by atoms with Crippen LogP contribution in [0.5, 0.6) is 0 Å². The van der Waals surface area contributed by atoms with Gasteiger partial charge in [0.25, 0.3) is 5.56 Å². The lowest BCUT2D eigenvalue weighted by Crippen LogP contribution is -2.29. The Kier molecular flexibility index (Phi) is 5.47. The SMILES string of the molecule is CC(C)N(C)CCCNCc1cc(=O)n2ccccc2n1. The number of hydrogen-bond donors (Lipinski definition) is 1. The molecule has 21 heavy (non-hydrogen) atoms. The molecule has 2 aromatic rings. The molecule has 0 atom stereocenters. The van der Waals surface area contributed by atoms with Gasteiger partial charge in [-0.2, -0.15) is 0 Å². The zero-order valence-corrected chi connectivity index (χ0v) is 13.0. The zero-order chi connectivity index (χ0) is 15.2. The Morgan fingerprint density at radius 1 is 1.38 bits per heavy atom. The third-order valence-corrected chi connectivity index (χ3v) is 3.68.